The molecule has 0 atom stereocenters. The molecule has 0 bridgehead atoms. The van der Waals surface area contributed by atoms with Crippen LogP contribution in [0.4, 0.5) is 11.4 Å². The largest absolute Gasteiger partial charge is 0.493 e. The number of ether oxygens (including phenoxy) is 2. The average Bonchev–Trinajstić information content (AvgIpc) is 3.31. The number of nitrogens with zero attached hydrogens (tertiary/aromatic N) is 1. The van der Waals surface area contributed by atoms with Crippen molar-refractivity contribution < 1.29 is 14.3 Å². The van der Waals surface area contributed by atoms with Gasteiger partial charge in [-0.15, -0.1) is 0 Å². The van der Waals surface area contributed by atoms with Gasteiger partial charge in [0, 0.05) is 42.6 Å². The van der Waals surface area contributed by atoms with E-state index < -0.39 is 0 Å². The zero-order valence-electron chi connectivity index (χ0n) is 23.2. The second kappa shape index (κ2) is 12.5. The number of benzene rings is 4. The van der Waals surface area contributed by atoms with Crippen molar-refractivity contribution in [2.24, 2.45) is 0 Å². The molecule has 0 radical (unpaired) electrons. The fourth-order valence-electron chi connectivity index (χ4n) is 5.10. The van der Waals surface area contributed by atoms with Gasteiger partial charge in [-0.05, 0) is 41.3 Å². The van der Waals surface area contributed by atoms with Crippen LogP contribution in [-0.4, -0.2) is 25.0 Å². The van der Waals surface area contributed by atoms with E-state index in [1.165, 1.54) is 16.7 Å². The van der Waals surface area contributed by atoms with E-state index in [1.807, 2.05) is 13.0 Å². The normalized spacial score (nSPS) is 13.6. The van der Waals surface area contributed by atoms with Crippen molar-refractivity contribution >= 4 is 22.9 Å². The first-order valence-corrected chi connectivity index (χ1v) is 13.5. The molecule has 1 amide bonds. The highest BCUT2D eigenvalue weighted by atomic mass is 16.5. The number of methoxy groups -OCH3 is 2. The first kappa shape index (κ1) is 27.0. The lowest BCUT2D eigenvalue weighted by Gasteiger charge is -2.23. The molecule has 0 fully saturated rings. The number of nitrogens with one attached hydrogen (secondary N) is 2. The second-order valence-corrected chi connectivity index (χ2v) is 9.85. The number of hydrogen-bond donors (Lipinski definition) is 2. The molecule has 0 aliphatic carbocycles. The van der Waals surface area contributed by atoms with Gasteiger partial charge < -0.3 is 20.1 Å². The summed E-state index contributed by atoms with van der Waals surface area (Å²) in [4.78, 5) is 15.5. The van der Waals surface area contributed by atoms with E-state index in [4.69, 9.17) is 9.47 Å². The van der Waals surface area contributed by atoms with Crippen LogP contribution >= 0.6 is 0 Å². The van der Waals surface area contributed by atoms with Crippen LogP contribution in [0.15, 0.2) is 103 Å². The SMILES string of the molecule is CCC(Nc1ccc(CN(Cc2ccccc2)Cc2ccccc2)cc1)=C1C(=O)Nc2cc(OC)c(OC)cc21. The third-order valence-electron chi connectivity index (χ3n) is 7.08. The number of carbonyl (C=O) groups excluding carboxylic acids is 1. The predicted molar refractivity (Wildman–Crippen MR) is 161 cm³/mol. The molecule has 1 aliphatic rings. The molecule has 0 saturated carbocycles. The van der Waals surface area contributed by atoms with E-state index in [1.54, 1.807) is 20.3 Å². The Balaban J connectivity index is 1.35. The number of rotatable bonds is 11. The van der Waals surface area contributed by atoms with Gasteiger partial charge in [-0.25, -0.2) is 0 Å². The number of carbonyl (C=O) groups is 1. The predicted octanol–water partition coefficient (Wildman–Crippen LogP) is 7.09. The van der Waals surface area contributed by atoms with Gasteiger partial charge >= 0.3 is 0 Å². The summed E-state index contributed by atoms with van der Waals surface area (Å²) in [6.07, 6.45) is 0.667. The molecular weight excluding hydrogens is 498 g/mol. The summed E-state index contributed by atoms with van der Waals surface area (Å²) >= 11 is 0. The van der Waals surface area contributed by atoms with Gasteiger partial charge in [0.05, 0.1) is 25.5 Å². The molecule has 40 heavy (non-hydrogen) atoms. The lowest BCUT2D eigenvalue weighted by Crippen LogP contribution is -2.22. The van der Waals surface area contributed by atoms with Crippen molar-refractivity contribution in [2.75, 3.05) is 24.9 Å². The number of amides is 1. The van der Waals surface area contributed by atoms with E-state index in [9.17, 15) is 4.79 Å². The Morgan fingerprint density at radius 1 is 0.750 bits per heavy atom. The number of allylic oxidation sites excluding steroid dienone is 1. The third-order valence-corrected chi connectivity index (χ3v) is 7.08. The molecular formula is C34H35N3O3. The third kappa shape index (κ3) is 6.19. The molecule has 4 aromatic rings. The van der Waals surface area contributed by atoms with Crippen LogP contribution in [0.5, 0.6) is 11.5 Å². The van der Waals surface area contributed by atoms with Crippen LogP contribution in [0, 0.1) is 0 Å². The highest BCUT2D eigenvalue weighted by molar-refractivity contribution is 6.32. The maximum absolute atomic E-state index is 13.0. The molecule has 204 valence electrons. The standard InChI is InChI=1S/C34H35N3O3/c1-4-29(33-28-19-31(39-2)32(40-3)20-30(28)36-34(33)38)35-27-17-15-26(16-18-27)23-37(21-24-11-7-5-8-12-24)22-25-13-9-6-10-14-25/h5-20,35H,4,21-23H2,1-3H3,(H,36,38). The van der Waals surface area contributed by atoms with Gasteiger partial charge in [-0.3, -0.25) is 9.69 Å². The summed E-state index contributed by atoms with van der Waals surface area (Å²) in [5.41, 5.74) is 7.75. The van der Waals surface area contributed by atoms with Gasteiger partial charge in [-0.2, -0.15) is 0 Å². The van der Waals surface area contributed by atoms with Crippen LogP contribution < -0.4 is 20.1 Å². The Kier molecular flexibility index (Phi) is 8.47. The van der Waals surface area contributed by atoms with Crippen LogP contribution in [0.3, 0.4) is 0 Å². The minimum absolute atomic E-state index is 0.135. The topological polar surface area (TPSA) is 62.8 Å². The minimum Gasteiger partial charge on any atom is -0.493 e. The number of anilines is 2. The molecule has 6 nitrogen and oxygen atoms in total. The quantitative estimate of drug-likeness (QED) is 0.202. The van der Waals surface area contributed by atoms with Crippen LogP contribution in [0.25, 0.3) is 5.57 Å². The Bertz CT molecular complexity index is 1440. The van der Waals surface area contributed by atoms with Crippen LogP contribution in [0.1, 0.15) is 35.6 Å². The van der Waals surface area contributed by atoms with Crippen molar-refractivity contribution in [3.63, 3.8) is 0 Å². The number of hydrogen-bond acceptors (Lipinski definition) is 5. The highest BCUT2D eigenvalue weighted by Crippen LogP contribution is 2.42. The average molecular weight is 534 g/mol. The van der Waals surface area contributed by atoms with E-state index in [-0.39, 0.29) is 5.91 Å². The zero-order valence-corrected chi connectivity index (χ0v) is 23.2. The van der Waals surface area contributed by atoms with Gasteiger partial charge in [0.2, 0.25) is 0 Å². The van der Waals surface area contributed by atoms with E-state index in [0.29, 0.717) is 23.5 Å². The fraction of sp³-hybridized carbons (Fsp3) is 0.206. The van der Waals surface area contributed by atoms with Gasteiger partial charge in [0.25, 0.3) is 5.91 Å². The van der Waals surface area contributed by atoms with Crippen molar-refractivity contribution in [2.45, 2.75) is 33.0 Å². The molecule has 1 heterocycles. The molecule has 0 spiro atoms. The maximum Gasteiger partial charge on any atom is 0.258 e. The molecule has 0 aromatic heterocycles. The number of fused-ring (bicyclic) bond motifs is 1. The molecule has 0 unspecified atom stereocenters. The maximum atomic E-state index is 13.0. The van der Waals surface area contributed by atoms with Crippen LogP contribution in [-0.2, 0) is 24.4 Å². The van der Waals surface area contributed by atoms with Gasteiger partial charge in [0.15, 0.2) is 11.5 Å². The summed E-state index contributed by atoms with van der Waals surface area (Å²) in [5.74, 6) is 1.03. The summed E-state index contributed by atoms with van der Waals surface area (Å²) in [6.45, 7) is 4.60. The fourth-order valence-corrected chi connectivity index (χ4v) is 5.10. The molecule has 4 aromatic carbocycles. The lowest BCUT2D eigenvalue weighted by molar-refractivity contribution is -0.110. The molecule has 2 N–H and O–H groups in total. The second-order valence-electron chi connectivity index (χ2n) is 9.85. The Morgan fingerprint density at radius 2 is 1.27 bits per heavy atom. The van der Waals surface area contributed by atoms with Crippen molar-refractivity contribution in [1.82, 2.24) is 4.90 Å². The Hall–Kier alpha value is -4.55. The summed E-state index contributed by atoms with van der Waals surface area (Å²) in [5, 5.41) is 6.47. The first-order chi connectivity index (χ1) is 19.6. The highest BCUT2D eigenvalue weighted by Gasteiger charge is 2.29. The molecule has 0 saturated heterocycles. The molecule has 1 aliphatic heterocycles. The summed E-state index contributed by atoms with van der Waals surface area (Å²) < 4.78 is 10.9. The molecule has 5 rings (SSSR count). The monoisotopic (exact) mass is 533 g/mol. The Labute approximate surface area is 236 Å². The minimum atomic E-state index is -0.135. The Morgan fingerprint density at radius 3 is 1.80 bits per heavy atom. The summed E-state index contributed by atoms with van der Waals surface area (Å²) in [6, 6.07) is 33.3. The van der Waals surface area contributed by atoms with E-state index >= 15 is 0 Å². The first-order valence-electron chi connectivity index (χ1n) is 13.5. The van der Waals surface area contributed by atoms with Gasteiger partial charge in [-0.1, -0.05) is 79.7 Å². The van der Waals surface area contributed by atoms with Crippen LogP contribution in [0.2, 0.25) is 0 Å². The lowest BCUT2D eigenvalue weighted by atomic mass is 10.0. The van der Waals surface area contributed by atoms with Crippen molar-refractivity contribution in [1.29, 1.82) is 0 Å². The van der Waals surface area contributed by atoms with E-state index in [0.717, 1.165) is 42.3 Å². The zero-order chi connectivity index (χ0) is 27.9. The molecule has 6 heteroatoms. The van der Waals surface area contributed by atoms with Crippen molar-refractivity contribution in [3.05, 3.63) is 125 Å². The van der Waals surface area contributed by atoms with Gasteiger partial charge in [0.1, 0.15) is 0 Å². The van der Waals surface area contributed by atoms with E-state index in [2.05, 4.69) is 100 Å². The summed E-state index contributed by atoms with van der Waals surface area (Å²) in [7, 11) is 3.18. The smallest absolute Gasteiger partial charge is 0.258 e. The van der Waals surface area contributed by atoms with Crippen molar-refractivity contribution in [3.8, 4) is 11.5 Å².